The summed E-state index contributed by atoms with van der Waals surface area (Å²) in [4.78, 5) is 12.1. The third-order valence-corrected chi connectivity index (χ3v) is 3.97. The number of halogens is 2. The van der Waals surface area contributed by atoms with E-state index in [1.165, 1.54) is 25.1 Å². The smallest absolute Gasteiger partial charge is 0.307 e. The van der Waals surface area contributed by atoms with Gasteiger partial charge in [0.1, 0.15) is 5.82 Å². The van der Waals surface area contributed by atoms with Gasteiger partial charge in [0.15, 0.2) is 0 Å². The Morgan fingerprint density at radius 1 is 1.18 bits per heavy atom. The van der Waals surface area contributed by atoms with E-state index in [4.69, 9.17) is 0 Å². The highest BCUT2D eigenvalue weighted by Crippen LogP contribution is 2.31. The number of fused-ring (bicyclic) bond motifs is 1. The molecule has 0 saturated heterocycles. The van der Waals surface area contributed by atoms with E-state index in [0.29, 0.717) is 30.8 Å². The Hall–Kier alpha value is -2.50. The maximum atomic E-state index is 13.9. The highest BCUT2D eigenvalue weighted by molar-refractivity contribution is 5.57. The molecule has 0 amide bonds. The average Bonchev–Trinajstić information content (AvgIpc) is 2.45. The van der Waals surface area contributed by atoms with Crippen molar-refractivity contribution in [2.75, 3.05) is 11.4 Å². The SMILES string of the molecule is Cc1cc(N2CCc3cc(F)ccc3C2)cc(F)c1[N+](=O)[O-]. The quantitative estimate of drug-likeness (QED) is 0.627. The molecule has 0 saturated carbocycles. The topological polar surface area (TPSA) is 46.4 Å². The maximum absolute atomic E-state index is 13.9. The molecule has 3 rings (SSSR count). The number of anilines is 1. The van der Waals surface area contributed by atoms with Gasteiger partial charge in [-0.15, -0.1) is 0 Å². The predicted molar refractivity (Wildman–Crippen MR) is 78.9 cm³/mol. The predicted octanol–water partition coefficient (Wildman–Crippen LogP) is 3.74. The second kappa shape index (κ2) is 5.36. The second-order valence-corrected chi connectivity index (χ2v) is 5.43. The van der Waals surface area contributed by atoms with Gasteiger partial charge in [0.05, 0.1) is 4.92 Å². The first-order valence-corrected chi connectivity index (χ1v) is 6.92. The summed E-state index contributed by atoms with van der Waals surface area (Å²) in [5.41, 5.74) is 2.36. The third-order valence-electron chi connectivity index (χ3n) is 3.97. The molecule has 2 aromatic rings. The molecular weight excluding hydrogens is 290 g/mol. The number of hydrogen-bond donors (Lipinski definition) is 0. The zero-order valence-corrected chi connectivity index (χ0v) is 12.0. The van der Waals surface area contributed by atoms with Crippen LogP contribution in [0.25, 0.3) is 0 Å². The molecule has 0 spiro atoms. The summed E-state index contributed by atoms with van der Waals surface area (Å²) >= 11 is 0. The molecule has 1 aliphatic rings. The van der Waals surface area contributed by atoms with Crippen molar-refractivity contribution < 1.29 is 13.7 Å². The largest absolute Gasteiger partial charge is 0.367 e. The van der Waals surface area contributed by atoms with Crippen molar-refractivity contribution in [1.29, 1.82) is 0 Å². The van der Waals surface area contributed by atoms with Crippen molar-refractivity contribution in [3.05, 3.63) is 68.8 Å². The number of nitro groups is 1. The van der Waals surface area contributed by atoms with Crippen molar-refractivity contribution >= 4 is 11.4 Å². The van der Waals surface area contributed by atoms with E-state index in [0.717, 1.165) is 11.1 Å². The van der Waals surface area contributed by atoms with Gasteiger partial charge in [-0.1, -0.05) is 6.07 Å². The van der Waals surface area contributed by atoms with Crippen molar-refractivity contribution in [3.8, 4) is 0 Å². The summed E-state index contributed by atoms with van der Waals surface area (Å²) in [6.07, 6.45) is 0.657. The van der Waals surface area contributed by atoms with E-state index >= 15 is 0 Å². The molecule has 4 nitrogen and oxygen atoms in total. The Morgan fingerprint density at radius 3 is 2.64 bits per heavy atom. The fourth-order valence-electron chi connectivity index (χ4n) is 2.87. The van der Waals surface area contributed by atoms with E-state index in [9.17, 15) is 18.9 Å². The van der Waals surface area contributed by atoms with Crippen LogP contribution in [0.5, 0.6) is 0 Å². The van der Waals surface area contributed by atoms with E-state index in [1.54, 1.807) is 12.1 Å². The van der Waals surface area contributed by atoms with Crippen LogP contribution >= 0.6 is 0 Å². The van der Waals surface area contributed by atoms with Crippen molar-refractivity contribution in [2.24, 2.45) is 0 Å². The molecule has 0 N–H and O–H groups in total. The van der Waals surface area contributed by atoms with Crippen LogP contribution in [0.1, 0.15) is 16.7 Å². The lowest BCUT2D eigenvalue weighted by Crippen LogP contribution is -2.30. The van der Waals surface area contributed by atoms with E-state index in [1.807, 2.05) is 4.90 Å². The monoisotopic (exact) mass is 304 g/mol. The minimum absolute atomic E-state index is 0.260. The van der Waals surface area contributed by atoms with Crippen LogP contribution in [0.2, 0.25) is 0 Å². The number of aryl methyl sites for hydroxylation is 1. The number of hydrogen-bond acceptors (Lipinski definition) is 3. The number of rotatable bonds is 2. The average molecular weight is 304 g/mol. The first-order chi connectivity index (χ1) is 10.5. The van der Waals surface area contributed by atoms with Gasteiger partial charge in [-0.3, -0.25) is 10.1 Å². The number of nitrogens with zero attached hydrogens (tertiary/aromatic N) is 2. The van der Waals surface area contributed by atoms with Gasteiger partial charge in [0, 0.05) is 30.4 Å². The summed E-state index contributed by atoms with van der Waals surface area (Å²) in [5, 5.41) is 10.8. The van der Waals surface area contributed by atoms with Crippen molar-refractivity contribution in [2.45, 2.75) is 19.9 Å². The summed E-state index contributed by atoms with van der Waals surface area (Å²) in [6, 6.07) is 7.47. The van der Waals surface area contributed by atoms with E-state index < -0.39 is 16.4 Å². The first-order valence-electron chi connectivity index (χ1n) is 6.92. The summed E-state index contributed by atoms with van der Waals surface area (Å²) in [7, 11) is 0. The molecule has 0 unspecified atom stereocenters. The van der Waals surface area contributed by atoms with Crippen LogP contribution in [0.15, 0.2) is 30.3 Å². The lowest BCUT2D eigenvalue weighted by Gasteiger charge is -2.31. The molecule has 0 aliphatic carbocycles. The highest BCUT2D eigenvalue weighted by atomic mass is 19.1. The third kappa shape index (κ3) is 2.52. The fraction of sp³-hybridized carbons (Fsp3) is 0.250. The first kappa shape index (κ1) is 14.4. The molecular formula is C16H14F2N2O2. The Balaban J connectivity index is 1.93. The van der Waals surface area contributed by atoms with Crippen LogP contribution in [0, 0.1) is 28.7 Å². The van der Waals surface area contributed by atoms with Crippen molar-refractivity contribution in [3.63, 3.8) is 0 Å². The van der Waals surface area contributed by atoms with Crippen LogP contribution in [0.4, 0.5) is 20.2 Å². The molecule has 6 heteroatoms. The normalized spacial score (nSPS) is 13.9. The van der Waals surface area contributed by atoms with Crippen LogP contribution in [-0.4, -0.2) is 11.5 Å². The molecule has 22 heavy (non-hydrogen) atoms. The molecule has 0 bridgehead atoms. The Bertz CT molecular complexity index is 739. The molecule has 2 aromatic carbocycles. The van der Waals surface area contributed by atoms with Crippen LogP contribution in [-0.2, 0) is 13.0 Å². The Labute approximate surface area is 126 Å². The number of benzene rings is 2. The molecule has 0 radical (unpaired) electrons. The van der Waals surface area contributed by atoms with Gasteiger partial charge >= 0.3 is 5.69 Å². The minimum atomic E-state index is -0.829. The summed E-state index contributed by atoms with van der Waals surface area (Å²) < 4.78 is 27.2. The van der Waals surface area contributed by atoms with Crippen LogP contribution in [0.3, 0.4) is 0 Å². The van der Waals surface area contributed by atoms with Gasteiger partial charge in [-0.05, 0) is 42.7 Å². The molecule has 114 valence electrons. The molecule has 0 fully saturated rings. The fourth-order valence-corrected chi connectivity index (χ4v) is 2.87. The molecule has 1 heterocycles. The standard InChI is InChI=1S/C16H14F2N2O2/c1-10-6-14(8-15(18)16(10)20(21)22)19-5-4-11-7-13(17)3-2-12(11)9-19/h2-3,6-8H,4-5,9H2,1H3. The zero-order valence-electron chi connectivity index (χ0n) is 12.0. The zero-order chi connectivity index (χ0) is 15.9. The second-order valence-electron chi connectivity index (χ2n) is 5.43. The molecule has 1 aliphatic heterocycles. The van der Waals surface area contributed by atoms with Gasteiger partial charge in [-0.2, -0.15) is 4.39 Å². The highest BCUT2D eigenvalue weighted by Gasteiger charge is 2.23. The summed E-state index contributed by atoms with van der Waals surface area (Å²) in [6.45, 7) is 2.68. The molecule has 0 aromatic heterocycles. The van der Waals surface area contributed by atoms with Gasteiger partial charge in [0.25, 0.3) is 0 Å². The van der Waals surface area contributed by atoms with E-state index in [2.05, 4.69) is 0 Å². The van der Waals surface area contributed by atoms with Gasteiger partial charge in [-0.25, -0.2) is 4.39 Å². The van der Waals surface area contributed by atoms with Crippen molar-refractivity contribution in [1.82, 2.24) is 0 Å². The van der Waals surface area contributed by atoms with E-state index in [-0.39, 0.29) is 5.82 Å². The lowest BCUT2D eigenvalue weighted by molar-refractivity contribution is -0.388. The Morgan fingerprint density at radius 2 is 1.95 bits per heavy atom. The lowest BCUT2D eigenvalue weighted by atomic mass is 9.99. The van der Waals surface area contributed by atoms with Crippen LogP contribution < -0.4 is 4.90 Å². The summed E-state index contributed by atoms with van der Waals surface area (Å²) in [5.74, 6) is -1.09. The Kier molecular flexibility index (Phi) is 3.52. The minimum Gasteiger partial charge on any atom is -0.367 e. The molecule has 0 atom stereocenters. The van der Waals surface area contributed by atoms with Gasteiger partial charge < -0.3 is 4.90 Å². The maximum Gasteiger partial charge on any atom is 0.307 e. The van der Waals surface area contributed by atoms with Gasteiger partial charge in [0.2, 0.25) is 5.82 Å². The number of nitro benzene ring substituents is 1.